The Morgan fingerprint density at radius 2 is 2.26 bits per heavy atom. The number of carboxylic acids is 1. The summed E-state index contributed by atoms with van der Waals surface area (Å²) in [6, 6.07) is 9.44. The molecule has 6 heteroatoms. The highest BCUT2D eigenvalue weighted by molar-refractivity contribution is 7.99. The molecular weight excluding hydrogens is 284 g/mol. The van der Waals surface area contributed by atoms with E-state index in [-0.39, 0.29) is 5.75 Å². The van der Waals surface area contributed by atoms with Crippen LogP contribution < -0.4 is 0 Å². The lowest BCUT2D eigenvalue weighted by molar-refractivity contribution is -0.133. The Morgan fingerprint density at radius 1 is 1.47 bits per heavy atom. The third-order valence-electron chi connectivity index (χ3n) is 2.43. The first-order chi connectivity index (χ1) is 9.04. The average Bonchev–Trinajstić information content (AvgIpc) is 2.67. The van der Waals surface area contributed by atoms with Gasteiger partial charge in [0.05, 0.1) is 23.0 Å². The van der Waals surface area contributed by atoms with Gasteiger partial charge in [-0.3, -0.25) is 9.48 Å². The van der Waals surface area contributed by atoms with Crippen molar-refractivity contribution in [2.45, 2.75) is 18.5 Å². The molecule has 0 fully saturated rings. The largest absolute Gasteiger partial charge is 0.481 e. The predicted octanol–water partition coefficient (Wildman–Crippen LogP) is 3.07. The Kier molecular flexibility index (Phi) is 4.50. The van der Waals surface area contributed by atoms with E-state index in [2.05, 4.69) is 5.10 Å². The number of rotatable bonds is 5. The number of hydrogen-bond donors (Lipinski definition) is 1. The van der Waals surface area contributed by atoms with E-state index in [0.717, 1.165) is 16.3 Å². The number of hydrogen-bond acceptors (Lipinski definition) is 3. The molecule has 1 aromatic heterocycles. The zero-order chi connectivity index (χ0) is 13.8. The number of carboxylic acid groups (broad SMARTS) is 1. The third-order valence-corrected chi connectivity index (χ3v) is 3.68. The standard InChI is InChI=1S/C13H13ClN2O2S/c1-9-5-12(19-8-13(17)18)16(15-9)7-10-3-2-4-11(14)6-10/h2-6H,7-8H2,1H3,(H,17,18). The van der Waals surface area contributed by atoms with Crippen LogP contribution in [0.4, 0.5) is 0 Å². The molecule has 0 aliphatic carbocycles. The van der Waals surface area contributed by atoms with E-state index >= 15 is 0 Å². The summed E-state index contributed by atoms with van der Waals surface area (Å²) < 4.78 is 1.80. The number of benzene rings is 1. The van der Waals surface area contributed by atoms with Crippen molar-refractivity contribution < 1.29 is 9.90 Å². The molecule has 1 heterocycles. The monoisotopic (exact) mass is 296 g/mol. The molecule has 2 aromatic rings. The summed E-state index contributed by atoms with van der Waals surface area (Å²) in [4.78, 5) is 10.6. The van der Waals surface area contributed by atoms with Crippen LogP contribution in [0.25, 0.3) is 0 Å². The molecule has 0 saturated carbocycles. The molecule has 0 aliphatic heterocycles. The molecule has 1 aromatic carbocycles. The fraction of sp³-hybridized carbons (Fsp3) is 0.231. The minimum atomic E-state index is -0.835. The number of aliphatic carboxylic acids is 1. The quantitative estimate of drug-likeness (QED) is 0.862. The molecule has 2 rings (SSSR count). The molecule has 0 radical (unpaired) electrons. The molecular formula is C13H13ClN2O2S. The maximum atomic E-state index is 10.6. The molecule has 0 aliphatic rings. The van der Waals surface area contributed by atoms with Crippen LogP contribution in [0.5, 0.6) is 0 Å². The average molecular weight is 297 g/mol. The minimum absolute atomic E-state index is 0.0285. The van der Waals surface area contributed by atoms with Crippen molar-refractivity contribution in [2.24, 2.45) is 0 Å². The summed E-state index contributed by atoms with van der Waals surface area (Å²) in [6.07, 6.45) is 0. The van der Waals surface area contributed by atoms with Crippen LogP contribution in [0.2, 0.25) is 5.02 Å². The molecule has 0 unspecified atom stereocenters. The third kappa shape index (κ3) is 4.01. The van der Waals surface area contributed by atoms with Crippen molar-refractivity contribution in [1.82, 2.24) is 9.78 Å². The van der Waals surface area contributed by atoms with E-state index < -0.39 is 5.97 Å². The van der Waals surface area contributed by atoms with Gasteiger partial charge in [-0.1, -0.05) is 35.5 Å². The summed E-state index contributed by atoms with van der Waals surface area (Å²) in [5.41, 5.74) is 1.91. The maximum Gasteiger partial charge on any atom is 0.313 e. The minimum Gasteiger partial charge on any atom is -0.481 e. The highest BCUT2D eigenvalue weighted by Gasteiger charge is 2.09. The predicted molar refractivity (Wildman–Crippen MR) is 75.9 cm³/mol. The Labute approximate surface area is 120 Å². The van der Waals surface area contributed by atoms with Crippen molar-refractivity contribution in [3.8, 4) is 0 Å². The number of halogens is 1. The smallest absolute Gasteiger partial charge is 0.313 e. The van der Waals surface area contributed by atoms with Crippen molar-refractivity contribution in [1.29, 1.82) is 0 Å². The first-order valence-corrected chi connectivity index (χ1v) is 7.04. The van der Waals surface area contributed by atoms with Crippen LogP contribution in [-0.4, -0.2) is 26.6 Å². The van der Waals surface area contributed by atoms with Crippen LogP contribution in [0, 0.1) is 6.92 Å². The maximum absolute atomic E-state index is 10.6. The van der Waals surface area contributed by atoms with Crippen LogP contribution in [0.15, 0.2) is 35.4 Å². The molecule has 0 amide bonds. The molecule has 0 bridgehead atoms. The zero-order valence-electron chi connectivity index (χ0n) is 10.3. The number of nitrogens with zero attached hydrogens (tertiary/aromatic N) is 2. The van der Waals surface area contributed by atoms with Gasteiger partial charge in [-0.15, -0.1) is 0 Å². The Hall–Kier alpha value is -1.46. The number of aromatic nitrogens is 2. The van der Waals surface area contributed by atoms with Gasteiger partial charge in [0.15, 0.2) is 0 Å². The van der Waals surface area contributed by atoms with Gasteiger partial charge < -0.3 is 5.11 Å². The summed E-state index contributed by atoms with van der Waals surface area (Å²) in [6.45, 7) is 2.47. The fourth-order valence-electron chi connectivity index (χ4n) is 1.70. The van der Waals surface area contributed by atoms with Crippen molar-refractivity contribution in [3.05, 3.63) is 46.6 Å². The molecule has 0 atom stereocenters. The van der Waals surface area contributed by atoms with Gasteiger partial charge >= 0.3 is 5.97 Å². The second-order valence-corrected chi connectivity index (χ2v) is 5.53. The lowest BCUT2D eigenvalue weighted by Gasteiger charge is -2.06. The Bertz CT molecular complexity index is 598. The van der Waals surface area contributed by atoms with Crippen LogP contribution >= 0.6 is 23.4 Å². The number of carbonyl (C=O) groups is 1. The molecule has 0 saturated heterocycles. The highest BCUT2D eigenvalue weighted by Crippen LogP contribution is 2.21. The van der Waals surface area contributed by atoms with Gasteiger partial charge in [0.2, 0.25) is 0 Å². The highest BCUT2D eigenvalue weighted by atomic mass is 35.5. The zero-order valence-corrected chi connectivity index (χ0v) is 11.9. The van der Waals surface area contributed by atoms with Gasteiger partial charge in [0, 0.05) is 5.02 Å². The van der Waals surface area contributed by atoms with E-state index in [4.69, 9.17) is 16.7 Å². The van der Waals surface area contributed by atoms with E-state index in [1.807, 2.05) is 37.3 Å². The number of thioether (sulfide) groups is 1. The topological polar surface area (TPSA) is 55.1 Å². The van der Waals surface area contributed by atoms with Crippen molar-refractivity contribution in [2.75, 3.05) is 5.75 Å². The van der Waals surface area contributed by atoms with Gasteiger partial charge in [-0.05, 0) is 30.7 Å². The lowest BCUT2D eigenvalue weighted by Crippen LogP contribution is -2.05. The molecule has 4 nitrogen and oxygen atoms in total. The first-order valence-electron chi connectivity index (χ1n) is 5.68. The SMILES string of the molecule is Cc1cc(SCC(=O)O)n(Cc2cccc(Cl)c2)n1. The first kappa shape index (κ1) is 14.0. The van der Waals surface area contributed by atoms with E-state index in [1.54, 1.807) is 4.68 Å². The van der Waals surface area contributed by atoms with Crippen molar-refractivity contribution >= 4 is 29.3 Å². The summed E-state index contributed by atoms with van der Waals surface area (Å²) in [7, 11) is 0. The van der Waals surface area contributed by atoms with Gasteiger partial charge in [0.1, 0.15) is 0 Å². The summed E-state index contributed by atoms with van der Waals surface area (Å²) in [5.74, 6) is -0.807. The normalized spacial score (nSPS) is 10.6. The van der Waals surface area contributed by atoms with E-state index in [1.165, 1.54) is 11.8 Å². The van der Waals surface area contributed by atoms with E-state index in [0.29, 0.717) is 11.6 Å². The molecule has 100 valence electrons. The lowest BCUT2D eigenvalue weighted by atomic mass is 10.2. The van der Waals surface area contributed by atoms with Gasteiger partial charge in [0.25, 0.3) is 0 Å². The summed E-state index contributed by atoms with van der Waals surface area (Å²) in [5, 5.41) is 14.6. The van der Waals surface area contributed by atoms with E-state index in [9.17, 15) is 4.79 Å². The second kappa shape index (κ2) is 6.12. The second-order valence-electron chi connectivity index (χ2n) is 4.09. The van der Waals surface area contributed by atoms with Gasteiger partial charge in [-0.2, -0.15) is 5.10 Å². The van der Waals surface area contributed by atoms with Crippen molar-refractivity contribution in [3.63, 3.8) is 0 Å². The fourth-order valence-corrected chi connectivity index (χ4v) is 2.69. The molecule has 1 N–H and O–H groups in total. The van der Waals surface area contributed by atoms with Crippen LogP contribution in [0.3, 0.4) is 0 Å². The van der Waals surface area contributed by atoms with Gasteiger partial charge in [-0.25, -0.2) is 0 Å². The Balaban J connectivity index is 2.17. The summed E-state index contributed by atoms with van der Waals surface area (Å²) >= 11 is 7.21. The number of aryl methyl sites for hydroxylation is 1. The molecule has 19 heavy (non-hydrogen) atoms. The Morgan fingerprint density at radius 3 is 2.95 bits per heavy atom. The van der Waals surface area contributed by atoms with Crippen LogP contribution in [0.1, 0.15) is 11.3 Å². The molecule has 0 spiro atoms. The van der Waals surface area contributed by atoms with Crippen LogP contribution in [-0.2, 0) is 11.3 Å².